The van der Waals surface area contributed by atoms with Crippen molar-refractivity contribution in [2.24, 2.45) is 5.73 Å². The van der Waals surface area contributed by atoms with Crippen LogP contribution in [0.5, 0.6) is 0 Å². The Bertz CT molecular complexity index is 677. The lowest BCUT2D eigenvalue weighted by molar-refractivity contribution is -0.118. The Morgan fingerprint density at radius 1 is 1.44 bits per heavy atom. The lowest BCUT2D eigenvalue weighted by Crippen LogP contribution is -2.52. The smallest absolute Gasteiger partial charge is 0.217 e. The second kappa shape index (κ2) is 8.38. The van der Waals surface area contributed by atoms with Gasteiger partial charge in [0, 0.05) is 37.8 Å². The summed E-state index contributed by atoms with van der Waals surface area (Å²) in [6, 6.07) is 0.157. The molecule has 1 saturated heterocycles. The molecule has 1 unspecified atom stereocenters. The van der Waals surface area contributed by atoms with Gasteiger partial charge in [-0.25, -0.2) is 4.98 Å². The molecule has 1 fully saturated rings. The molecule has 1 aliphatic rings. The number of carbonyl (C=O) groups is 1. The van der Waals surface area contributed by atoms with Gasteiger partial charge >= 0.3 is 0 Å². The molecule has 0 saturated carbocycles. The van der Waals surface area contributed by atoms with E-state index in [1.165, 1.54) is 5.00 Å². The quantitative estimate of drug-likeness (QED) is 0.599. The van der Waals surface area contributed by atoms with Gasteiger partial charge in [-0.2, -0.15) is 0 Å². The lowest BCUT2D eigenvalue weighted by atomic mass is 10.0. The Morgan fingerprint density at radius 2 is 2.16 bits per heavy atom. The van der Waals surface area contributed by atoms with Crippen molar-refractivity contribution in [2.75, 3.05) is 24.5 Å². The van der Waals surface area contributed by atoms with Gasteiger partial charge in [0.15, 0.2) is 0 Å². The molecule has 0 aromatic carbocycles. The third-order valence-corrected chi connectivity index (χ3v) is 5.49. The zero-order chi connectivity index (χ0) is 18.6. The molecular weight excluding hydrogens is 336 g/mol. The van der Waals surface area contributed by atoms with E-state index in [4.69, 9.17) is 5.73 Å². The normalized spacial score (nSPS) is 19.4. The van der Waals surface area contributed by atoms with Crippen molar-refractivity contribution < 1.29 is 9.90 Å². The fourth-order valence-corrected chi connectivity index (χ4v) is 4.25. The first-order valence-corrected chi connectivity index (χ1v) is 9.41. The lowest BCUT2D eigenvalue weighted by Gasteiger charge is -2.44. The third-order valence-electron chi connectivity index (χ3n) is 4.36. The van der Waals surface area contributed by atoms with Crippen molar-refractivity contribution in [1.29, 1.82) is 0 Å². The number of nitrogens with zero attached hydrogens (tertiary/aromatic N) is 3. The highest BCUT2D eigenvalue weighted by Gasteiger charge is 2.29. The number of nitrogens with two attached hydrogens (primary N) is 1. The first-order chi connectivity index (χ1) is 11.8. The number of piperazine rings is 1. The molecule has 25 heavy (non-hydrogen) atoms. The number of aliphatic hydroxyl groups excluding tert-OH is 1. The second-order valence-corrected chi connectivity index (χ2v) is 7.60. The molecule has 1 amide bonds. The van der Waals surface area contributed by atoms with Crippen molar-refractivity contribution in [1.82, 2.24) is 9.88 Å². The van der Waals surface area contributed by atoms with Crippen LogP contribution in [0.2, 0.25) is 0 Å². The van der Waals surface area contributed by atoms with Crippen molar-refractivity contribution in [3.63, 3.8) is 0 Å². The molecule has 0 aliphatic carbocycles. The number of aliphatic hydroxyl groups is 1. The highest BCUT2D eigenvalue weighted by atomic mass is 32.1. The SMILES string of the molecule is C/C=C(\C=C(/C)O)N1CCN(c2sc(C)nc2C)CC1CCC(N)=O. The number of anilines is 1. The van der Waals surface area contributed by atoms with E-state index in [9.17, 15) is 9.90 Å². The summed E-state index contributed by atoms with van der Waals surface area (Å²) < 4.78 is 0. The van der Waals surface area contributed by atoms with Crippen LogP contribution in [0.25, 0.3) is 0 Å². The molecule has 0 spiro atoms. The number of amides is 1. The highest BCUT2D eigenvalue weighted by Crippen LogP contribution is 2.31. The molecule has 3 N–H and O–H groups in total. The molecule has 1 aliphatic heterocycles. The van der Waals surface area contributed by atoms with E-state index in [-0.39, 0.29) is 17.7 Å². The molecule has 138 valence electrons. The summed E-state index contributed by atoms with van der Waals surface area (Å²) in [5.74, 6) is -0.00379. The average molecular weight is 365 g/mol. The van der Waals surface area contributed by atoms with Crippen molar-refractivity contribution in [3.05, 3.63) is 34.3 Å². The zero-order valence-electron chi connectivity index (χ0n) is 15.5. The Labute approximate surface area is 153 Å². The Balaban J connectivity index is 2.23. The topological polar surface area (TPSA) is 82.7 Å². The van der Waals surface area contributed by atoms with Crippen LogP contribution in [-0.2, 0) is 4.79 Å². The number of rotatable bonds is 6. The summed E-state index contributed by atoms with van der Waals surface area (Å²) in [4.78, 5) is 20.4. The van der Waals surface area contributed by atoms with Crippen LogP contribution in [0, 0.1) is 13.8 Å². The van der Waals surface area contributed by atoms with Gasteiger partial charge in [-0.15, -0.1) is 11.3 Å². The van der Waals surface area contributed by atoms with E-state index >= 15 is 0 Å². The minimum atomic E-state index is -0.280. The van der Waals surface area contributed by atoms with E-state index in [2.05, 4.69) is 14.8 Å². The number of hydrogen-bond donors (Lipinski definition) is 2. The predicted octanol–water partition coefficient (Wildman–Crippen LogP) is 2.88. The molecule has 7 heteroatoms. The van der Waals surface area contributed by atoms with Crippen LogP contribution < -0.4 is 10.6 Å². The number of carbonyl (C=O) groups excluding carboxylic acids is 1. The van der Waals surface area contributed by atoms with Gasteiger partial charge in [0.25, 0.3) is 0 Å². The maximum absolute atomic E-state index is 11.3. The first kappa shape index (κ1) is 19.3. The number of primary amides is 1. The van der Waals surface area contributed by atoms with Gasteiger partial charge in [0.05, 0.1) is 16.5 Å². The van der Waals surface area contributed by atoms with E-state index in [1.54, 1.807) is 24.3 Å². The summed E-state index contributed by atoms with van der Waals surface area (Å²) in [5, 5.41) is 11.9. The number of hydrogen-bond acceptors (Lipinski definition) is 6. The minimum absolute atomic E-state index is 0.157. The molecule has 0 radical (unpaired) electrons. The zero-order valence-corrected chi connectivity index (χ0v) is 16.3. The van der Waals surface area contributed by atoms with Crippen LogP contribution in [0.3, 0.4) is 0 Å². The fraction of sp³-hybridized carbons (Fsp3) is 0.556. The number of allylic oxidation sites excluding steroid dienone is 3. The highest BCUT2D eigenvalue weighted by molar-refractivity contribution is 7.15. The molecule has 1 atom stereocenters. The van der Waals surface area contributed by atoms with Gasteiger partial charge in [-0.05, 0) is 40.2 Å². The molecular formula is C18H28N4O2S. The van der Waals surface area contributed by atoms with Gasteiger partial charge in [0.1, 0.15) is 5.00 Å². The van der Waals surface area contributed by atoms with Crippen LogP contribution in [-0.4, -0.2) is 46.6 Å². The largest absolute Gasteiger partial charge is 0.513 e. The summed E-state index contributed by atoms with van der Waals surface area (Å²) in [5.41, 5.74) is 7.41. The third kappa shape index (κ3) is 4.98. The van der Waals surface area contributed by atoms with Crippen molar-refractivity contribution in [3.8, 4) is 0 Å². The number of thiazole rings is 1. The van der Waals surface area contributed by atoms with E-state index < -0.39 is 0 Å². The molecule has 0 bridgehead atoms. The van der Waals surface area contributed by atoms with Gasteiger partial charge in [-0.3, -0.25) is 4.79 Å². The fourth-order valence-electron chi connectivity index (χ4n) is 3.30. The maximum Gasteiger partial charge on any atom is 0.217 e. The van der Waals surface area contributed by atoms with Crippen molar-refractivity contribution >= 4 is 22.2 Å². The summed E-state index contributed by atoms with van der Waals surface area (Å²) in [6.07, 6.45) is 4.82. The first-order valence-electron chi connectivity index (χ1n) is 8.59. The minimum Gasteiger partial charge on any atom is -0.513 e. The molecule has 2 rings (SSSR count). The van der Waals surface area contributed by atoms with Crippen LogP contribution in [0.1, 0.15) is 37.4 Å². The average Bonchev–Trinajstić information content (AvgIpc) is 2.88. The van der Waals surface area contributed by atoms with Gasteiger partial charge < -0.3 is 20.6 Å². The second-order valence-electron chi connectivity index (χ2n) is 6.42. The van der Waals surface area contributed by atoms with Gasteiger partial charge in [-0.1, -0.05) is 6.08 Å². The Morgan fingerprint density at radius 3 is 2.68 bits per heavy atom. The monoisotopic (exact) mass is 364 g/mol. The van der Waals surface area contributed by atoms with Crippen LogP contribution in [0.15, 0.2) is 23.6 Å². The van der Waals surface area contributed by atoms with E-state index in [0.29, 0.717) is 12.8 Å². The van der Waals surface area contributed by atoms with Crippen LogP contribution >= 0.6 is 11.3 Å². The molecule has 2 heterocycles. The Kier molecular flexibility index (Phi) is 6.47. The summed E-state index contributed by atoms with van der Waals surface area (Å²) in [7, 11) is 0. The molecule has 1 aromatic heterocycles. The van der Waals surface area contributed by atoms with E-state index in [1.807, 2.05) is 26.8 Å². The van der Waals surface area contributed by atoms with Gasteiger partial charge in [0.2, 0.25) is 5.91 Å². The van der Waals surface area contributed by atoms with Crippen LogP contribution in [0.4, 0.5) is 5.00 Å². The van der Waals surface area contributed by atoms with E-state index in [0.717, 1.165) is 36.0 Å². The number of aromatic nitrogens is 1. The molecule has 1 aromatic rings. The summed E-state index contributed by atoms with van der Waals surface area (Å²) in [6.45, 7) is 10.2. The standard InChI is InChI=1S/C18H28N4O2S/c1-5-15(10-12(2)23)22-9-8-21(11-16(22)6-7-17(19)24)18-13(3)20-14(4)25-18/h5,10,16,23H,6-9,11H2,1-4H3,(H2,19,24)/b12-10+,15-5+. The maximum atomic E-state index is 11.3. The number of aryl methyl sites for hydroxylation is 2. The van der Waals surface area contributed by atoms with Crippen molar-refractivity contribution in [2.45, 2.75) is 46.6 Å². The summed E-state index contributed by atoms with van der Waals surface area (Å²) >= 11 is 1.71. The Hall–Kier alpha value is -2.02. The predicted molar refractivity (Wildman–Crippen MR) is 103 cm³/mol. The molecule has 6 nitrogen and oxygen atoms in total.